The van der Waals surface area contributed by atoms with Gasteiger partial charge in [0.05, 0.1) is 7.59 Å². The average Bonchev–Trinajstić information content (AvgIpc) is 2.84. The van der Waals surface area contributed by atoms with E-state index >= 15 is 0 Å². The van der Waals surface area contributed by atoms with Gasteiger partial charge in [0.25, 0.3) is 0 Å². The molecule has 2 rings (SSSR count). The quantitative estimate of drug-likeness (QED) is 0.758. The Morgan fingerprint density at radius 3 is 1.94 bits per heavy atom. The Bertz CT molecular complexity index is 367. The summed E-state index contributed by atoms with van der Waals surface area (Å²) in [5.74, 6) is 0. The van der Waals surface area contributed by atoms with Gasteiger partial charge in [-0.2, -0.15) is 0 Å². The molecule has 0 spiro atoms. The van der Waals surface area contributed by atoms with Gasteiger partial charge in [0.1, 0.15) is 7.75 Å². The first-order valence-corrected chi connectivity index (χ1v) is 13.7. The van der Waals surface area contributed by atoms with Crippen molar-refractivity contribution in [1.29, 1.82) is 0 Å². The van der Waals surface area contributed by atoms with Gasteiger partial charge in [-0.25, -0.2) is 0 Å². The Labute approximate surface area is 108 Å². The minimum Gasteiger partial charge on any atom is -0.325 e. The molecule has 94 valence electrons. The van der Waals surface area contributed by atoms with E-state index in [9.17, 15) is 0 Å². The highest BCUT2D eigenvalue weighted by atomic mass is 29.3. The second-order valence-corrected chi connectivity index (χ2v) is 21.2. The first-order chi connectivity index (χ1) is 7.96. The van der Waals surface area contributed by atoms with Crippen LogP contribution in [-0.2, 0) is 0 Å². The summed E-state index contributed by atoms with van der Waals surface area (Å²) in [5.41, 5.74) is 0. The molecule has 0 bridgehead atoms. The van der Waals surface area contributed by atoms with Crippen LogP contribution in [0.2, 0.25) is 26.2 Å². The summed E-state index contributed by atoms with van der Waals surface area (Å²) in [7, 11) is -2.57. The summed E-state index contributed by atoms with van der Waals surface area (Å²) in [4.78, 5) is 0. The maximum Gasteiger partial charge on any atom is 0.117 e. The summed E-state index contributed by atoms with van der Waals surface area (Å²) in [6, 6.07) is 11.3. The van der Waals surface area contributed by atoms with Crippen LogP contribution in [0.25, 0.3) is 0 Å². The van der Waals surface area contributed by atoms with E-state index in [1.54, 1.807) is 5.19 Å². The normalized spacial score (nSPS) is 18.6. The molecule has 1 aromatic carbocycles. The summed E-state index contributed by atoms with van der Waals surface area (Å²) < 4.78 is 2.85. The predicted octanol–water partition coefficient (Wildman–Crippen LogP) is 2.98. The van der Waals surface area contributed by atoms with Gasteiger partial charge in [0.15, 0.2) is 0 Å². The highest BCUT2D eigenvalue weighted by Gasteiger charge is 2.47. The zero-order valence-corrected chi connectivity index (χ0v) is 13.7. The van der Waals surface area contributed by atoms with Gasteiger partial charge in [-0.15, -0.1) is 0 Å². The number of rotatable bonds is 3. The lowest BCUT2D eigenvalue weighted by molar-refractivity contribution is 0.532. The molecule has 3 heteroatoms. The van der Waals surface area contributed by atoms with E-state index in [-0.39, 0.29) is 0 Å². The molecule has 0 saturated carbocycles. The molecule has 0 radical (unpaired) electrons. The summed E-state index contributed by atoms with van der Waals surface area (Å²) in [6.45, 7) is 13.0. The number of nitrogens with zero attached hydrogens (tertiary/aromatic N) is 1. The van der Waals surface area contributed by atoms with Crippen LogP contribution in [0.4, 0.5) is 0 Å². The molecular weight excluding hydrogens is 238 g/mol. The molecule has 1 nitrogen and oxygen atoms in total. The fourth-order valence-corrected chi connectivity index (χ4v) is 12.5. The Morgan fingerprint density at radius 1 is 0.882 bits per heavy atom. The van der Waals surface area contributed by atoms with Crippen LogP contribution in [0.1, 0.15) is 12.8 Å². The molecule has 17 heavy (non-hydrogen) atoms. The fraction of sp³-hybridized carbons (Fsp3) is 0.571. The van der Waals surface area contributed by atoms with Crippen LogP contribution in [0.15, 0.2) is 30.3 Å². The van der Waals surface area contributed by atoms with Gasteiger partial charge in [0, 0.05) is 0 Å². The van der Waals surface area contributed by atoms with E-state index < -0.39 is 15.3 Å². The van der Waals surface area contributed by atoms with E-state index in [1.165, 1.54) is 25.9 Å². The molecule has 1 heterocycles. The third-order valence-electron chi connectivity index (χ3n) is 4.92. The molecule has 0 unspecified atom stereocenters. The zero-order chi connectivity index (χ0) is 12.5. The number of hydrogen-bond acceptors (Lipinski definition) is 1. The maximum atomic E-state index is 2.85. The first-order valence-electron chi connectivity index (χ1n) is 6.77. The third-order valence-corrected chi connectivity index (χ3v) is 22.8. The van der Waals surface area contributed by atoms with Crippen molar-refractivity contribution in [2.24, 2.45) is 0 Å². The van der Waals surface area contributed by atoms with Crippen molar-refractivity contribution < 1.29 is 0 Å². The van der Waals surface area contributed by atoms with Crippen LogP contribution >= 0.6 is 0 Å². The maximum absolute atomic E-state index is 2.85. The van der Waals surface area contributed by atoms with Crippen LogP contribution in [0.5, 0.6) is 0 Å². The molecule has 0 aromatic heterocycles. The third kappa shape index (κ3) is 2.28. The highest BCUT2D eigenvalue weighted by molar-refractivity contribution is 7.44. The van der Waals surface area contributed by atoms with E-state index in [4.69, 9.17) is 0 Å². The van der Waals surface area contributed by atoms with Crippen LogP contribution in [-0.4, -0.2) is 33.0 Å². The van der Waals surface area contributed by atoms with Gasteiger partial charge in [-0.3, -0.25) is 0 Å². The lowest BCUT2D eigenvalue weighted by Gasteiger charge is -2.45. The molecule has 1 fully saturated rings. The minimum atomic E-state index is -1.31. The predicted molar refractivity (Wildman–Crippen MR) is 81.8 cm³/mol. The molecule has 1 aromatic rings. The number of hydrogen-bond donors (Lipinski definition) is 0. The number of benzene rings is 1. The molecule has 1 saturated heterocycles. The molecule has 1 aliphatic rings. The average molecular weight is 264 g/mol. The van der Waals surface area contributed by atoms with E-state index in [0.717, 1.165) is 0 Å². The van der Waals surface area contributed by atoms with Gasteiger partial charge >= 0.3 is 0 Å². The summed E-state index contributed by atoms with van der Waals surface area (Å²) in [5, 5.41) is 1.64. The van der Waals surface area contributed by atoms with Crippen molar-refractivity contribution in [3.05, 3.63) is 30.3 Å². The van der Waals surface area contributed by atoms with E-state index in [1.807, 2.05) is 0 Å². The topological polar surface area (TPSA) is 3.24 Å². The monoisotopic (exact) mass is 263 g/mol. The molecule has 0 aliphatic carbocycles. The Kier molecular flexibility index (Phi) is 3.62. The van der Waals surface area contributed by atoms with Crippen molar-refractivity contribution >= 4 is 20.5 Å². The minimum absolute atomic E-state index is 1.27. The van der Waals surface area contributed by atoms with Crippen molar-refractivity contribution in [1.82, 2.24) is 4.57 Å². The highest BCUT2D eigenvalue weighted by Crippen LogP contribution is 2.26. The van der Waals surface area contributed by atoms with E-state index in [2.05, 4.69) is 61.1 Å². The van der Waals surface area contributed by atoms with Crippen molar-refractivity contribution in [3.63, 3.8) is 0 Å². The molecule has 1 aliphatic heterocycles. The molecule has 0 N–H and O–H groups in total. The van der Waals surface area contributed by atoms with Crippen LogP contribution in [0, 0.1) is 0 Å². The lowest BCUT2D eigenvalue weighted by Crippen LogP contribution is -2.70. The largest absolute Gasteiger partial charge is 0.325 e. The van der Waals surface area contributed by atoms with Gasteiger partial charge < -0.3 is 4.57 Å². The Morgan fingerprint density at radius 2 is 1.41 bits per heavy atom. The van der Waals surface area contributed by atoms with E-state index in [0.29, 0.717) is 0 Å². The first kappa shape index (κ1) is 13.1. The second kappa shape index (κ2) is 4.71. The Hall–Kier alpha value is -0.386. The summed E-state index contributed by atoms with van der Waals surface area (Å²) in [6.07, 6.45) is 2.82. The smallest absolute Gasteiger partial charge is 0.117 e. The Balaban J connectivity index is 2.30. The van der Waals surface area contributed by atoms with Gasteiger partial charge in [0.2, 0.25) is 0 Å². The SMILES string of the molecule is C[Si](C)(c1ccccc1)[Si](C)(C)N1CCCC1. The fourth-order valence-electron chi connectivity index (χ4n) is 2.88. The van der Waals surface area contributed by atoms with Crippen LogP contribution < -0.4 is 5.19 Å². The molecule has 0 atom stereocenters. The standard InChI is InChI=1S/C14H25NSi2/c1-16(2,14-10-6-5-7-11-14)17(3,4)15-12-8-9-13-15/h5-7,10-11H,8-9,12-13H2,1-4H3. The van der Waals surface area contributed by atoms with Crippen molar-refractivity contribution in [2.75, 3.05) is 13.1 Å². The van der Waals surface area contributed by atoms with Crippen molar-refractivity contribution in [3.8, 4) is 0 Å². The van der Waals surface area contributed by atoms with Gasteiger partial charge in [-0.05, 0) is 25.9 Å². The zero-order valence-electron chi connectivity index (χ0n) is 11.7. The lowest BCUT2D eigenvalue weighted by atomic mass is 10.4. The van der Waals surface area contributed by atoms with Gasteiger partial charge in [-0.1, -0.05) is 61.7 Å². The van der Waals surface area contributed by atoms with Crippen LogP contribution in [0.3, 0.4) is 0 Å². The summed E-state index contributed by atoms with van der Waals surface area (Å²) >= 11 is 0. The van der Waals surface area contributed by atoms with Crippen molar-refractivity contribution in [2.45, 2.75) is 39.0 Å². The second-order valence-electron chi connectivity index (χ2n) is 6.24. The molecular formula is C14H25NSi2. The molecule has 0 amide bonds.